The Labute approximate surface area is 161 Å². The van der Waals surface area contributed by atoms with Crippen LogP contribution in [0.4, 0.5) is 16.2 Å². The maximum atomic E-state index is 12.3. The quantitative estimate of drug-likeness (QED) is 0.760. The van der Waals surface area contributed by atoms with Gasteiger partial charge in [0.15, 0.2) is 11.5 Å². The maximum Gasteiger partial charge on any atom is 0.323 e. The molecule has 1 fully saturated rings. The largest absolute Gasteiger partial charge is 0.493 e. The minimum atomic E-state index is -0.472. The standard InChI is InChI=1S/C18H18Cl2N2O4/c1-24-15-6-5-11(9-16(15)26-12-7-8-25-10-12)21-18(23)22-17-13(19)3-2-4-14(17)20/h2-6,9,12H,7-8,10H2,1H3,(H2,21,22,23). The first kappa shape index (κ1) is 18.6. The van der Waals surface area contributed by atoms with Crippen LogP contribution in [-0.2, 0) is 4.74 Å². The number of amides is 2. The second kappa shape index (κ2) is 8.49. The lowest BCUT2D eigenvalue weighted by Crippen LogP contribution is -2.20. The molecule has 2 aromatic carbocycles. The van der Waals surface area contributed by atoms with E-state index in [4.69, 9.17) is 37.4 Å². The van der Waals surface area contributed by atoms with Crippen molar-refractivity contribution in [2.45, 2.75) is 12.5 Å². The molecule has 0 aliphatic carbocycles. The van der Waals surface area contributed by atoms with E-state index in [0.29, 0.717) is 46.1 Å². The van der Waals surface area contributed by atoms with Gasteiger partial charge in [-0.25, -0.2) is 4.79 Å². The van der Waals surface area contributed by atoms with Gasteiger partial charge in [-0.2, -0.15) is 0 Å². The SMILES string of the molecule is COc1ccc(NC(=O)Nc2c(Cl)cccc2Cl)cc1OC1CCOC1. The Morgan fingerprint density at radius 3 is 2.58 bits per heavy atom. The number of halogens is 2. The minimum Gasteiger partial charge on any atom is -0.493 e. The van der Waals surface area contributed by atoms with Crippen molar-refractivity contribution in [2.24, 2.45) is 0 Å². The number of anilines is 2. The number of methoxy groups -OCH3 is 1. The van der Waals surface area contributed by atoms with E-state index < -0.39 is 6.03 Å². The molecule has 0 radical (unpaired) electrons. The van der Waals surface area contributed by atoms with Crippen LogP contribution in [0.2, 0.25) is 10.0 Å². The monoisotopic (exact) mass is 396 g/mol. The van der Waals surface area contributed by atoms with Crippen molar-refractivity contribution >= 4 is 40.6 Å². The predicted octanol–water partition coefficient (Wildman–Crippen LogP) is 4.81. The van der Waals surface area contributed by atoms with Crippen molar-refractivity contribution < 1.29 is 19.0 Å². The number of nitrogens with one attached hydrogen (secondary N) is 2. The Morgan fingerprint density at radius 1 is 1.15 bits per heavy atom. The van der Waals surface area contributed by atoms with Gasteiger partial charge in [-0.15, -0.1) is 0 Å². The van der Waals surface area contributed by atoms with Crippen molar-refractivity contribution in [1.29, 1.82) is 0 Å². The van der Waals surface area contributed by atoms with E-state index in [1.165, 1.54) is 0 Å². The Bertz CT molecular complexity index is 775. The molecule has 1 aliphatic rings. The van der Waals surface area contributed by atoms with Crippen LogP contribution in [0.3, 0.4) is 0 Å². The number of para-hydroxylation sites is 1. The molecule has 6 nitrogen and oxygen atoms in total. The van der Waals surface area contributed by atoms with Gasteiger partial charge < -0.3 is 24.8 Å². The maximum absolute atomic E-state index is 12.3. The van der Waals surface area contributed by atoms with Crippen molar-refractivity contribution in [3.05, 3.63) is 46.4 Å². The van der Waals surface area contributed by atoms with Crippen LogP contribution in [-0.4, -0.2) is 32.5 Å². The number of carbonyl (C=O) groups excluding carboxylic acids is 1. The van der Waals surface area contributed by atoms with Crippen molar-refractivity contribution in [1.82, 2.24) is 0 Å². The fourth-order valence-corrected chi connectivity index (χ4v) is 3.02. The number of hydrogen-bond acceptors (Lipinski definition) is 4. The first-order valence-corrected chi connectivity index (χ1v) is 8.77. The van der Waals surface area contributed by atoms with Crippen LogP contribution in [0.15, 0.2) is 36.4 Å². The number of rotatable bonds is 5. The third kappa shape index (κ3) is 4.52. The molecule has 1 unspecified atom stereocenters. The molecule has 1 aliphatic heterocycles. The molecule has 1 saturated heterocycles. The number of carbonyl (C=O) groups is 1. The van der Waals surface area contributed by atoms with Crippen LogP contribution in [0.25, 0.3) is 0 Å². The van der Waals surface area contributed by atoms with E-state index in [1.54, 1.807) is 43.5 Å². The van der Waals surface area contributed by atoms with E-state index in [1.807, 2.05) is 0 Å². The zero-order valence-corrected chi connectivity index (χ0v) is 15.6. The Hall–Kier alpha value is -2.15. The summed E-state index contributed by atoms with van der Waals surface area (Å²) in [5.41, 5.74) is 0.891. The van der Waals surface area contributed by atoms with Gasteiger partial charge in [-0.05, 0) is 24.3 Å². The molecule has 2 amide bonds. The third-order valence-electron chi connectivity index (χ3n) is 3.80. The van der Waals surface area contributed by atoms with Gasteiger partial charge in [-0.3, -0.25) is 0 Å². The second-order valence-electron chi connectivity index (χ2n) is 5.64. The highest BCUT2D eigenvalue weighted by Gasteiger charge is 2.19. The minimum absolute atomic E-state index is 0.0325. The second-order valence-corrected chi connectivity index (χ2v) is 6.46. The summed E-state index contributed by atoms with van der Waals surface area (Å²) in [6.07, 6.45) is 0.779. The lowest BCUT2D eigenvalue weighted by molar-refractivity contribution is 0.139. The number of ether oxygens (including phenoxy) is 3. The molecule has 0 bridgehead atoms. The zero-order valence-electron chi connectivity index (χ0n) is 14.1. The normalized spacial score (nSPS) is 16.2. The summed E-state index contributed by atoms with van der Waals surface area (Å²) < 4.78 is 16.5. The van der Waals surface area contributed by atoms with Crippen molar-refractivity contribution in [2.75, 3.05) is 31.0 Å². The van der Waals surface area contributed by atoms with E-state index in [0.717, 1.165) is 6.42 Å². The van der Waals surface area contributed by atoms with Crippen molar-refractivity contribution in [3.63, 3.8) is 0 Å². The van der Waals surface area contributed by atoms with E-state index in [-0.39, 0.29) is 6.10 Å². The summed E-state index contributed by atoms with van der Waals surface area (Å²) >= 11 is 12.1. The molecule has 0 saturated carbocycles. The van der Waals surface area contributed by atoms with E-state index in [2.05, 4.69) is 10.6 Å². The molecule has 1 atom stereocenters. The van der Waals surface area contributed by atoms with Crippen molar-refractivity contribution in [3.8, 4) is 11.5 Å². The summed E-state index contributed by atoms with van der Waals surface area (Å²) in [5.74, 6) is 1.12. The fraction of sp³-hybridized carbons (Fsp3) is 0.278. The molecule has 138 valence electrons. The average molecular weight is 397 g/mol. The first-order valence-electron chi connectivity index (χ1n) is 8.01. The van der Waals surface area contributed by atoms with Gasteiger partial charge in [0, 0.05) is 18.2 Å². The van der Waals surface area contributed by atoms with Gasteiger partial charge in [0.25, 0.3) is 0 Å². The molecule has 2 N–H and O–H groups in total. The average Bonchev–Trinajstić information content (AvgIpc) is 3.12. The smallest absolute Gasteiger partial charge is 0.323 e. The van der Waals surface area contributed by atoms with Crippen LogP contribution in [0.1, 0.15) is 6.42 Å². The van der Waals surface area contributed by atoms with Crippen LogP contribution < -0.4 is 20.1 Å². The van der Waals surface area contributed by atoms with Crippen LogP contribution in [0.5, 0.6) is 11.5 Å². The Kier molecular flexibility index (Phi) is 6.08. The summed E-state index contributed by atoms with van der Waals surface area (Å²) in [7, 11) is 1.56. The summed E-state index contributed by atoms with van der Waals surface area (Å²) in [4.78, 5) is 12.3. The topological polar surface area (TPSA) is 68.8 Å². The van der Waals surface area contributed by atoms with E-state index >= 15 is 0 Å². The Balaban J connectivity index is 1.71. The highest BCUT2D eigenvalue weighted by Crippen LogP contribution is 2.33. The lowest BCUT2D eigenvalue weighted by Gasteiger charge is -2.16. The highest BCUT2D eigenvalue weighted by atomic mass is 35.5. The molecule has 3 rings (SSSR count). The number of urea groups is 1. The summed E-state index contributed by atoms with van der Waals surface area (Å²) in [6.45, 7) is 1.21. The van der Waals surface area contributed by atoms with Gasteiger partial charge >= 0.3 is 6.03 Å². The van der Waals surface area contributed by atoms with Gasteiger partial charge in [0.1, 0.15) is 6.10 Å². The fourth-order valence-electron chi connectivity index (χ4n) is 2.53. The molecule has 0 spiro atoms. The zero-order chi connectivity index (χ0) is 18.5. The molecular formula is C18H18Cl2N2O4. The molecule has 26 heavy (non-hydrogen) atoms. The molecular weight excluding hydrogens is 379 g/mol. The lowest BCUT2D eigenvalue weighted by atomic mass is 10.2. The predicted molar refractivity (Wildman–Crippen MR) is 102 cm³/mol. The third-order valence-corrected chi connectivity index (χ3v) is 4.43. The Morgan fingerprint density at radius 2 is 1.92 bits per heavy atom. The van der Waals surface area contributed by atoms with Gasteiger partial charge in [0.05, 0.1) is 36.1 Å². The van der Waals surface area contributed by atoms with Gasteiger partial charge in [-0.1, -0.05) is 29.3 Å². The van der Waals surface area contributed by atoms with E-state index in [9.17, 15) is 4.79 Å². The molecule has 0 aromatic heterocycles. The number of hydrogen-bond donors (Lipinski definition) is 2. The summed E-state index contributed by atoms with van der Waals surface area (Å²) in [5, 5.41) is 6.08. The molecule has 8 heteroatoms. The molecule has 2 aromatic rings. The molecule has 1 heterocycles. The summed E-state index contributed by atoms with van der Waals surface area (Å²) in [6, 6.07) is 9.66. The first-order chi connectivity index (χ1) is 12.6. The van der Waals surface area contributed by atoms with Crippen LogP contribution in [0, 0.1) is 0 Å². The highest BCUT2D eigenvalue weighted by molar-refractivity contribution is 6.39. The van der Waals surface area contributed by atoms with Crippen LogP contribution >= 0.6 is 23.2 Å². The van der Waals surface area contributed by atoms with Gasteiger partial charge in [0.2, 0.25) is 0 Å². The number of benzene rings is 2.